The maximum absolute atomic E-state index is 13.6. The van der Waals surface area contributed by atoms with E-state index in [0.29, 0.717) is 31.5 Å². The molecule has 1 heterocycles. The van der Waals surface area contributed by atoms with Gasteiger partial charge in [0.15, 0.2) is 4.34 Å². The second kappa shape index (κ2) is 8.61. The average molecular weight is 418 g/mol. The Morgan fingerprint density at radius 1 is 1.19 bits per heavy atom. The van der Waals surface area contributed by atoms with E-state index < -0.39 is 12.4 Å². The molecular weight excluding hydrogens is 407 g/mol. The lowest BCUT2D eigenvalue weighted by molar-refractivity contribution is -0.0503. The number of benzene rings is 2. The standard InChI is InChI=1S/C16H11ClF3N3OS2/c17-10-5-6-13(24-14(19)20)9(7-10)8-25-16-23-22-15(26-16)21-12-4-2-1-3-11(12)18/h1-7,14H,8H2,(H,21,22). The van der Waals surface area contributed by atoms with Crippen molar-refractivity contribution in [1.82, 2.24) is 10.2 Å². The first-order valence-electron chi connectivity index (χ1n) is 7.22. The number of hydrogen-bond acceptors (Lipinski definition) is 6. The van der Waals surface area contributed by atoms with Gasteiger partial charge in [-0.25, -0.2) is 4.39 Å². The zero-order valence-corrected chi connectivity index (χ0v) is 15.3. The minimum atomic E-state index is -2.92. The van der Waals surface area contributed by atoms with Crippen LogP contribution >= 0.6 is 34.7 Å². The third kappa shape index (κ3) is 5.03. The van der Waals surface area contributed by atoms with Crippen molar-refractivity contribution in [3.05, 3.63) is 58.9 Å². The van der Waals surface area contributed by atoms with Crippen molar-refractivity contribution in [2.24, 2.45) is 0 Å². The summed E-state index contributed by atoms with van der Waals surface area (Å²) >= 11 is 8.43. The van der Waals surface area contributed by atoms with Crippen LogP contribution in [0.4, 0.5) is 24.0 Å². The van der Waals surface area contributed by atoms with Crippen LogP contribution in [0, 0.1) is 5.82 Å². The van der Waals surface area contributed by atoms with Crippen molar-refractivity contribution in [1.29, 1.82) is 0 Å². The molecule has 0 aliphatic heterocycles. The van der Waals surface area contributed by atoms with Crippen LogP contribution in [-0.2, 0) is 5.75 Å². The van der Waals surface area contributed by atoms with Gasteiger partial charge < -0.3 is 10.1 Å². The van der Waals surface area contributed by atoms with E-state index in [1.807, 2.05) is 0 Å². The van der Waals surface area contributed by atoms with Crippen molar-refractivity contribution in [2.75, 3.05) is 5.32 Å². The summed E-state index contributed by atoms with van der Waals surface area (Å²) in [5.41, 5.74) is 0.810. The Kier molecular flexibility index (Phi) is 6.23. The van der Waals surface area contributed by atoms with Gasteiger partial charge in [-0.1, -0.05) is 46.8 Å². The van der Waals surface area contributed by atoms with Gasteiger partial charge >= 0.3 is 6.61 Å². The zero-order chi connectivity index (χ0) is 18.5. The molecule has 0 aliphatic rings. The van der Waals surface area contributed by atoms with E-state index >= 15 is 0 Å². The molecule has 136 valence electrons. The van der Waals surface area contributed by atoms with Crippen molar-refractivity contribution in [3.8, 4) is 5.75 Å². The summed E-state index contributed by atoms with van der Waals surface area (Å²) in [6.07, 6.45) is 0. The summed E-state index contributed by atoms with van der Waals surface area (Å²) in [4.78, 5) is 0. The Bertz CT molecular complexity index is 895. The quantitative estimate of drug-likeness (QED) is 0.480. The molecule has 0 atom stereocenters. The number of alkyl halides is 2. The van der Waals surface area contributed by atoms with Gasteiger partial charge in [-0.2, -0.15) is 8.78 Å². The molecule has 0 bridgehead atoms. The molecule has 4 nitrogen and oxygen atoms in total. The average Bonchev–Trinajstić information content (AvgIpc) is 3.04. The SMILES string of the molecule is Fc1ccccc1Nc1nnc(SCc2cc(Cl)ccc2OC(F)F)s1. The van der Waals surface area contributed by atoms with Crippen LogP contribution in [0.25, 0.3) is 0 Å². The number of nitrogens with one attached hydrogen (secondary N) is 1. The molecule has 0 unspecified atom stereocenters. The largest absolute Gasteiger partial charge is 0.435 e. The number of thioether (sulfide) groups is 1. The highest BCUT2D eigenvalue weighted by Gasteiger charge is 2.13. The molecule has 0 saturated carbocycles. The van der Waals surface area contributed by atoms with Gasteiger partial charge in [-0.05, 0) is 30.3 Å². The molecule has 0 fully saturated rings. The van der Waals surface area contributed by atoms with Crippen LogP contribution in [0.2, 0.25) is 5.02 Å². The molecule has 1 aromatic heterocycles. The molecule has 10 heteroatoms. The monoisotopic (exact) mass is 417 g/mol. The first kappa shape index (κ1) is 18.8. The van der Waals surface area contributed by atoms with Gasteiger partial charge in [-0.3, -0.25) is 0 Å². The van der Waals surface area contributed by atoms with E-state index in [9.17, 15) is 13.2 Å². The maximum atomic E-state index is 13.6. The van der Waals surface area contributed by atoms with Gasteiger partial charge in [0.05, 0.1) is 5.69 Å². The summed E-state index contributed by atoms with van der Waals surface area (Å²) in [7, 11) is 0. The smallest absolute Gasteiger partial charge is 0.387 e. The Balaban J connectivity index is 1.67. The van der Waals surface area contributed by atoms with Crippen LogP contribution in [0.1, 0.15) is 5.56 Å². The number of nitrogens with zero attached hydrogens (tertiary/aromatic N) is 2. The molecule has 3 rings (SSSR count). The molecule has 0 saturated heterocycles. The van der Waals surface area contributed by atoms with E-state index in [1.54, 1.807) is 24.3 Å². The van der Waals surface area contributed by atoms with Gasteiger partial charge in [-0.15, -0.1) is 10.2 Å². The molecule has 3 aromatic rings. The van der Waals surface area contributed by atoms with E-state index in [1.165, 1.54) is 41.3 Å². The molecule has 26 heavy (non-hydrogen) atoms. The second-order valence-electron chi connectivity index (χ2n) is 4.90. The summed E-state index contributed by atoms with van der Waals surface area (Å²) in [5.74, 6) is -0.0209. The first-order chi connectivity index (χ1) is 12.5. The molecular formula is C16H11ClF3N3OS2. The first-order valence-corrected chi connectivity index (χ1v) is 9.40. The minimum Gasteiger partial charge on any atom is -0.435 e. The van der Waals surface area contributed by atoms with Crippen LogP contribution in [0.3, 0.4) is 0 Å². The Labute approximate surface area is 160 Å². The van der Waals surface area contributed by atoms with E-state index in [-0.39, 0.29) is 5.75 Å². The highest BCUT2D eigenvalue weighted by atomic mass is 35.5. The lowest BCUT2D eigenvalue weighted by Crippen LogP contribution is -2.04. The number of hydrogen-bond donors (Lipinski definition) is 1. The Morgan fingerprint density at radius 3 is 2.77 bits per heavy atom. The van der Waals surface area contributed by atoms with Crippen LogP contribution < -0.4 is 10.1 Å². The molecule has 0 radical (unpaired) electrons. The summed E-state index contributed by atoms with van der Waals surface area (Å²) in [6, 6.07) is 10.7. The summed E-state index contributed by atoms with van der Waals surface area (Å²) in [5, 5.41) is 11.6. The maximum Gasteiger partial charge on any atom is 0.387 e. The summed E-state index contributed by atoms with van der Waals surface area (Å²) in [6.45, 7) is -2.92. The highest BCUT2D eigenvalue weighted by Crippen LogP contribution is 2.34. The third-order valence-electron chi connectivity index (χ3n) is 3.11. The van der Waals surface area contributed by atoms with Gasteiger partial charge in [0.25, 0.3) is 0 Å². The van der Waals surface area contributed by atoms with Crippen molar-refractivity contribution in [3.63, 3.8) is 0 Å². The van der Waals surface area contributed by atoms with Crippen molar-refractivity contribution in [2.45, 2.75) is 16.7 Å². The number of ether oxygens (including phenoxy) is 1. The van der Waals surface area contributed by atoms with E-state index in [0.717, 1.165) is 0 Å². The van der Waals surface area contributed by atoms with E-state index in [4.69, 9.17) is 11.6 Å². The molecule has 0 spiro atoms. The highest BCUT2D eigenvalue weighted by molar-refractivity contribution is 8.00. The fourth-order valence-corrected chi connectivity index (χ4v) is 3.94. The number of anilines is 2. The van der Waals surface area contributed by atoms with Crippen LogP contribution in [0.15, 0.2) is 46.8 Å². The molecule has 0 amide bonds. The molecule has 1 N–H and O–H groups in total. The lowest BCUT2D eigenvalue weighted by Gasteiger charge is -2.10. The predicted octanol–water partition coefficient (Wildman–Crippen LogP) is 5.97. The topological polar surface area (TPSA) is 47.0 Å². The van der Waals surface area contributed by atoms with Crippen molar-refractivity contribution >= 4 is 45.5 Å². The van der Waals surface area contributed by atoms with Gasteiger partial charge in [0, 0.05) is 16.3 Å². The molecule has 0 aliphatic carbocycles. The van der Waals surface area contributed by atoms with Gasteiger partial charge in [0.1, 0.15) is 11.6 Å². The predicted molar refractivity (Wildman–Crippen MR) is 97.2 cm³/mol. The summed E-state index contributed by atoms with van der Waals surface area (Å²) < 4.78 is 43.7. The van der Waals surface area contributed by atoms with Crippen molar-refractivity contribution < 1.29 is 17.9 Å². The molecule has 2 aromatic carbocycles. The fraction of sp³-hybridized carbons (Fsp3) is 0.125. The number of para-hydroxylation sites is 1. The normalized spacial score (nSPS) is 11.0. The number of aromatic nitrogens is 2. The van der Waals surface area contributed by atoms with Crippen LogP contribution in [0.5, 0.6) is 5.75 Å². The third-order valence-corrected chi connectivity index (χ3v) is 5.37. The lowest BCUT2D eigenvalue weighted by atomic mass is 10.2. The zero-order valence-electron chi connectivity index (χ0n) is 13.0. The van der Waals surface area contributed by atoms with Gasteiger partial charge in [0.2, 0.25) is 5.13 Å². The van der Waals surface area contributed by atoms with E-state index in [2.05, 4.69) is 20.3 Å². The minimum absolute atomic E-state index is 0.0612. The van der Waals surface area contributed by atoms with Crippen LogP contribution in [-0.4, -0.2) is 16.8 Å². The second-order valence-corrected chi connectivity index (χ2v) is 7.53. The fourth-order valence-electron chi connectivity index (χ4n) is 2.01. The number of rotatable bonds is 7. The Morgan fingerprint density at radius 2 is 2.00 bits per heavy atom. The Hall–Kier alpha value is -1.97. The number of halogens is 4.